The molecule has 2 heterocycles. The van der Waals surface area contributed by atoms with Gasteiger partial charge in [-0.25, -0.2) is 4.98 Å². The maximum Gasteiger partial charge on any atom is 0.315 e. The largest absolute Gasteiger partial charge is 0.316 e. The van der Waals surface area contributed by atoms with E-state index in [-0.39, 0.29) is 0 Å². The molecule has 0 aromatic carbocycles. The molecule has 6 nitrogen and oxygen atoms in total. The van der Waals surface area contributed by atoms with Crippen LogP contribution in [0.15, 0.2) is 29.9 Å². The van der Waals surface area contributed by atoms with Gasteiger partial charge in [0.25, 0.3) is 0 Å². The van der Waals surface area contributed by atoms with Gasteiger partial charge in [-0.15, -0.1) is 11.3 Å². The number of nitrogens with zero attached hydrogens (tertiary/aromatic N) is 2. The van der Waals surface area contributed by atoms with Crippen molar-refractivity contribution in [2.75, 3.05) is 10.6 Å². The molecule has 0 saturated carbocycles. The molecule has 2 aromatic rings. The van der Waals surface area contributed by atoms with Crippen LogP contribution >= 0.6 is 11.3 Å². The van der Waals surface area contributed by atoms with Gasteiger partial charge < -0.3 is 5.32 Å². The topological polar surface area (TPSA) is 84.0 Å². The van der Waals surface area contributed by atoms with Gasteiger partial charge in [0, 0.05) is 11.6 Å². The normalized spacial score (nSPS) is 9.83. The van der Waals surface area contributed by atoms with Crippen LogP contribution in [0.3, 0.4) is 0 Å². The minimum atomic E-state index is -0.756. The first kappa shape index (κ1) is 12.2. The van der Waals surface area contributed by atoms with E-state index in [2.05, 4.69) is 20.6 Å². The SMILES string of the molecule is Cc1csc(NC(=O)C(=O)Nc2cccnc2)n1. The van der Waals surface area contributed by atoms with Crippen LogP contribution in [0.2, 0.25) is 0 Å². The zero-order chi connectivity index (χ0) is 13.0. The molecule has 2 N–H and O–H groups in total. The third-order valence-electron chi connectivity index (χ3n) is 1.97. The zero-order valence-corrected chi connectivity index (χ0v) is 10.3. The molecular formula is C11H10N4O2S. The Balaban J connectivity index is 1.95. The summed E-state index contributed by atoms with van der Waals surface area (Å²) in [7, 11) is 0. The van der Waals surface area contributed by atoms with Crippen LogP contribution in [0.4, 0.5) is 10.8 Å². The van der Waals surface area contributed by atoms with Gasteiger partial charge in [-0.1, -0.05) is 0 Å². The first-order chi connectivity index (χ1) is 8.65. The molecule has 7 heteroatoms. The molecule has 0 aliphatic carbocycles. The summed E-state index contributed by atoms with van der Waals surface area (Å²) in [6.07, 6.45) is 3.03. The Morgan fingerprint density at radius 1 is 1.28 bits per heavy atom. The summed E-state index contributed by atoms with van der Waals surface area (Å²) >= 11 is 1.27. The van der Waals surface area contributed by atoms with Crippen LogP contribution in [-0.4, -0.2) is 21.8 Å². The molecule has 2 rings (SSSR count). The molecule has 0 fully saturated rings. The second-order valence-corrected chi connectivity index (χ2v) is 4.30. The van der Waals surface area contributed by atoms with Gasteiger partial charge in [0.15, 0.2) is 5.13 Å². The van der Waals surface area contributed by atoms with Crippen LogP contribution in [0, 0.1) is 6.92 Å². The number of amides is 2. The average molecular weight is 262 g/mol. The number of anilines is 2. The van der Waals surface area contributed by atoms with E-state index >= 15 is 0 Å². The Bertz CT molecular complexity index is 567. The fourth-order valence-electron chi connectivity index (χ4n) is 1.19. The predicted octanol–water partition coefficient (Wildman–Crippen LogP) is 1.42. The van der Waals surface area contributed by atoms with Gasteiger partial charge in [-0.05, 0) is 19.1 Å². The summed E-state index contributed by atoms with van der Waals surface area (Å²) in [4.78, 5) is 31.0. The lowest BCUT2D eigenvalue weighted by Crippen LogP contribution is -2.29. The standard InChI is InChI=1S/C11H10N4O2S/c1-7-6-18-11(13-7)15-10(17)9(16)14-8-3-2-4-12-5-8/h2-6H,1H3,(H,14,16)(H,13,15,17). The summed E-state index contributed by atoms with van der Waals surface area (Å²) in [5.74, 6) is -1.51. The lowest BCUT2D eigenvalue weighted by Gasteiger charge is -2.03. The summed E-state index contributed by atoms with van der Waals surface area (Å²) in [6, 6.07) is 3.31. The Kier molecular flexibility index (Phi) is 3.63. The molecule has 0 aliphatic rings. The number of aromatic nitrogens is 2. The van der Waals surface area contributed by atoms with Crippen LogP contribution in [-0.2, 0) is 9.59 Å². The highest BCUT2D eigenvalue weighted by molar-refractivity contribution is 7.14. The van der Waals surface area contributed by atoms with Gasteiger partial charge in [0.1, 0.15) is 0 Å². The second-order valence-electron chi connectivity index (χ2n) is 3.44. The highest BCUT2D eigenvalue weighted by Gasteiger charge is 2.15. The Hall–Kier alpha value is -2.28. The van der Waals surface area contributed by atoms with E-state index in [1.165, 1.54) is 17.5 Å². The average Bonchev–Trinajstić information content (AvgIpc) is 2.76. The van der Waals surface area contributed by atoms with E-state index in [0.29, 0.717) is 10.8 Å². The van der Waals surface area contributed by atoms with Crippen molar-refractivity contribution in [3.05, 3.63) is 35.6 Å². The minimum Gasteiger partial charge on any atom is -0.316 e. The Morgan fingerprint density at radius 2 is 2.06 bits per heavy atom. The van der Waals surface area contributed by atoms with Crippen molar-refractivity contribution in [3.8, 4) is 0 Å². The molecule has 0 aliphatic heterocycles. The van der Waals surface area contributed by atoms with Crippen LogP contribution < -0.4 is 10.6 Å². The van der Waals surface area contributed by atoms with E-state index in [1.54, 1.807) is 23.7 Å². The molecule has 0 spiro atoms. The number of thiazole rings is 1. The molecule has 18 heavy (non-hydrogen) atoms. The Morgan fingerprint density at radius 3 is 2.67 bits per heavy atom. The summed E-state index contributed by atoms with van der Waals surface area (Å²) in [5, 5.41) is 7.04. The zero-order valence-electron chi connectivity index (χ0n) is 9.51. The highest BCUT2D eigenvalue weighted by atomic mass is 32.1. The van der Waals surface area contributed by atoms with Crippen molar-refractivity contribution in [3.63, 3.8) is 0 Å². The van der Waals surface area contributed by atoms with E-state index in [9.17, 15) is 9.59 Å². The van der Waals surface area contributed by atoms with Crippen LogP contribution in [0.5, 0.6) is 0 Å². The van der Waals surface area contributed by atoms with Crippen molar-refractivity contribution in [2.45, 2.75) is 6.92 Å². The third kappa shape index (κ3) is 3.11. The number of carbonyl (C=O) groups excluding carboxylic acids is 2. The van der Waals surface area contributed by atoms with Gasteiger partial charge in [0.2, 0.25) is 0 Å². The number of aryl methyl sites for hydroxylation is 1. The van der Waals surface area contributed by atoms with E-state index in [1.807, 2.05) is 6.92 Å². The maximum absolute atomic E-state index is 11.5. The molecule has 0 saturated heterocycles. The number of carbonyl (C=O) groups is 2. The first-order valence-electron chi connectivity index (χ1n) is 5.09. The van der Waals surface area contributed by atoms with Gasteiger partial charge in [-0.2, -0.15) is 0 Å². The van der Waals surface area contributed by atoms with Crippen molar-refractivity contribution in [2.24, 2.45) is 0 Å². The number of nitrogens with one attached hydrogen (secondary N) is 2. The molecular weight excluding hydrogens is 252 g/mol. The summed E-state index contributed by atoms with van der Waals surface area (Å²) in [6.45, 7) is 1.81. The molecule has 0 bridgehead atoms. The smallest absolute Gasteiger partial charge is 0.315 e. The third-order valence-corrected chi connectivity index (χ3v) is 2.84. The lowest BCUT2D eigenvalue weighted by molar-refractivity contribution is -0.133. The fraction of sp³-hybridized carbons (Fsp3) is 0.0909. The van der Waals surface area contributed by atoms with E-state index in [0.717, 1.165) is 5.69 Å². The summed E-state index contributed by atoms with van der Waals surface area (Å²) in [5.41, 5.74) is 1.26. The van der Waals surface area contributed by atoms with Gasteiger partial charge >= 0.3 is 11.8 Å². The second kappa shape index (κ2) is 5.37. The van der Waals surface area contributed by atoms with E-state index in [4.69, 9.17) is 0 Å². The maximum atomic E-state index is 11.5. The molecule has 2 aromatic heterocycles. The molecule has 0 radical (unpaired) electrons. The van der Waals surface area contributed by atoms with Crippen molar-refractivity contribution in [1.82, 2.24) is 9.97 Å². The molecule has 0 atom stereocenters. The van der Waals surface area contributed by atoms with E-state index < -0.39 is 11.8 Å². The predicted molar refractivity (Wildman–Crippen MR) is 68.3 cm³/mol. The number of pyridine rings is 1. The fourth-order valence-corrected chi connectivity index (χ4v) is 1.87. The van der Waals surface area contributed by atoms with Gasteiger partial charge in [-0.3, -0.25) is 19.9 Å². The number of hydrogen-bond donors (Lipinski definition) is 2. The highest BCUT2D eigenvalue weighted by Crippen LogP contribution is 2.14. The first-order valence-corrected chi connectivity index (χ1v) is 5.97. The number of hydrogen-bond acceptors (Lipinski definition) is 5. The van der Waals surface area contributed by atoms with Crippen molar-refractivity contribution >= 4 is 34.0 Å². The molecule has 92 valence electrons. The minimum absolute atomic E-state index is 0.402. The van der Waals surface area contributed by atoms with Crippen molar-refractivity contribution < 1.29 is 9.59 Å². The lowest BCUT2D eigenvalue weighted by atomic mass is 10.4. The quantitative estimate of drug-likeness (QED) is 0.802. The number of rotatable bonds is 2. The molecule has 2 amide bonds. The monoisotopic (exact) mass is 262 g/mol. The van der Waals surface area contributed by atoms with Crippen LogP contribution in [0.25, 0.3) is 0 Å². The van der Waals surface area contributed by atoms with Crippen LogP contribution in [0.1, 0.15) is 5.69 Å². The van der Waals surface area contributed by atoms with Gasteiger partial charge in [0.05, 0.1) is 17.6 Å². The Labute approximate surface area is 107 Å². The van der Waals surface area contributed by atoms with Crippen molar-refractivity contribution in [1.29, 1.82) is 0 Å². The summed E-state index contributed by atoms with van der Waals surface area (Å²) < 4.78 is 0. The molecule has 0 unspecified atom stereocenters.